The van der Waals surface area contributed by atoms with Gasteiger partial charge in [-0.3, -0.25) is 4.79 Å². The summed E-state index contributed by atoms with van der Waals surface area (Å²) in [4.78, 5) is 11.4. The third-order valence-corrected chi connectivity index (χ3v) is 2.50. The Kier molecular flexibility index (Phi) is 3.41. The molecule has 0 heterocycles. The minimum atomic E-state index is -4.44. The third kappa shape index (κ3) is 3.08. The van der Waals surface area contributed by atoms with E-state index in [0.29, 0.717) is 5.56 Å². The average molecular weight is 230 g/mol. The lowest BCUT2D eigenvalue weighted by atomic mass is 9.97. The Labute approximate surface area is 92.3 Å². The second kappa shape index (κ2) is 4.28. The molecule has 0 N–H and O–H groups in total. The van der Waals surface area contributed by atoms with Gasteiger partial charge in [0.25, 0.3) is 0 Å². The zero-order chi connectivity index (χ0) is 12.5. The number of halogens is 3. The number of hydrogen-bond acceptors (Lipinski definition) is 1. The number of aryl methyl sites for hydroxylation is 3. The van der Waals surface area contributed by atoms with Crippen molar-refractivity contribution >= 4 is 5.78 Å². The van der Waals surface area contributed by atoms with Crippen molar-refractivity contribution in [2.45, 2.75) is 33.4 Å². The lowest BCUT2D eigenvalue weighted by molar-refractivity contribution is -0.125. The SMILES string of the molecule is Cc1cc(C)c(C(=O)CC(F)(F)F)cc1C. The highest BCUT2D eigenvalue weighted by molar-refractivity contribution is 5.98. The number of alkyl halides is 3. The standard InChI is InChI=1S/C12H13F3O/c1-7-4-9(3)10(5-8(7)2)11(16)6-12(13,14)15/h4-5H,6H2,1-3H3. The Bertz CT molecular complexity index is 419. The van der Waals surface area contributed by atoms with Gasteiger partial charge in [-0.05, 0) is 43.5 Å². The number of carbonyl (C=O) groups excluding carboxylic acids is 1. The predicted molar refractivity (Wildman–Crippen MR) is 55.7 cm³/mol. The van der Waals surface area contributed by atoms with Crippen LogP contribution in [0.2, 0.25) is 0 Å². The minimum absolute atomic E-state index is 0.167. The number of hydrogen-bond donors (Lipinski definition) is 0. The molecule has 1 nitrogen and oxygen atoms in total. The van der Waals surface area contributed by atoms with E-state index < -0.39 is 18.4 Å². The van der Waals surface area contributed by atoms with Crippen molar-refractivity contribution in [2.75, 3.05) is 0 Å². The highest BCUT2D eigenvalue weighted by Gasteiger charge is 2.32. The fourth-order valence-electron chi connectivity index (χ4n) is 1.54. The molecule has 0 aliphatic heterocycles. The molecule has 0 bridgehead atoms. The van der Waals surface area contributed by atoms with Gasteiger partial charge in [-0.2, -0.15) is 13.2 Å². The molecule has 1 rings (SSSR count). The molecule has 1 aromatic rings. The van der Waals surface area contributed by atoms with Gasteiger partial charge < -0.3 is 0 Å². The summed E-state index contributed by atoms with van der Waals surface area (Å²) >= 11 is 0. The Morgan fingerprint density at radius 2 is 1.56 bits per heavy atom. The summed E-state index contributed by atoms with van der Waals surface area (Å²) in [5.74, 6) is -0.867. The molecule has 0 aromatic heterocycles. The van der Waals surface area contributed by atoms with Gasteiger partial charge in [0, 0.05) is 5.56 Å². The van der Waals surface area contributed by atoms with E-state index in [-0.39, 0.29) is 5.56 Å². The highest BCUT2D eigenvalue weighted by atomic mass is 19.4. The first-order valence-electron chi connectivity index (χ1n) is 4.88. The molecule has 0 radical (unpaired) electrons. The second-order valence-electron chi connectivity index (χ2n) is 3.97. The molecule has 88 valence electrons. The van der Waals surface area contributed by atoms with E-state index in [1.165, 1.54) is 6.07 Å². The molecule has 0 fully saturated rings. The number of carbonyl (C=O) groups is 1. The van der Waals surface area contributed by atoms with Gasteiger partial charge >= 0.3 is 6.18 Å². The van der Waals surface area contributed by atoms with Crippen molar-refractivity contribution in [3.05, 3.63) is 34.4 Å². The molecular formula is C12H13F3O. The van der Waals surface area contributed by atoms with Gasteiger partial charge in [0.15, 0.2) is 5.78 Å². The summed E-state index contributed by atoms with van der Waals surface area (Å²) in [6.07, 6.45) is -5.83. The summed E-state index contributed by atoms with van der Waals surface area (Å²) in [6.45, 7) is 5.29. The summed E-state index contributed by atoms with van der Waals surface area (Å²) in [7, 11) is 0. The van der Waals surface area contributed by atoms with E-state index in [0.717, 1.165) is 11.1 Å². The fraction of sp³-hybridized carbons (Fsp3) is 0.417. The first-order valence-corrected chi connectivity index (χ1v) is 4.88. The normalized spacial score (nSPS) is 11.6. The zero-order valence-corrected chi connectivity index (χ0v) is 9.40. The molecule has 16 heavy (non-hydrogen) atoms. The first kappa shape index (κ1) is 12.7. The summed E-state index contributed by atoms with van der Waals surface area (Å²) in [5, 5.41) is 0. The Balaban J connectivity index is 3.05. The van der Waals surface area contributed by atoms with Crippen molar-refractivity contribution in [1.82, 2.24) is 0 Å². The minimum Gasteiger partial charge on any atom is -0.294 e. The van der Waals surface area contributed by atoms with Crippen LogP contribution >= 0.6 is 0 Å². The second-order valence-corrected chi connectivity index (χ2v) is 3.97. The fourth-order valence-corrected chi connectivity index (χ4v) is 1.54. The quantitative estimate of drug-likeness (QED) is 0.707. The van der Waals surface area contributed by atoms with Crippen LogP contribution < -0.4 is 0 Å². The van der Waals surface area contributed by atoms with Crippen LogP contribution in [0.3, 0.4) is 0 Å². The van der Waals surface area contributed by atoms with Gasteiger partial charge in [-0.25, -0.2) is 0 Å². The lowest BCUT2D eigenvalue weighted by Crippen LogP contribution is -2.16. The van der Waals surface area contributed by atoms with Crippen LogP contribution in [0.5, 0.6) is 0 Å². The molecule has 0 aliphatic rings. The molecule has 0 aliphatic carbocycles. The van der Waals surface area contributed by atoms with Crippen LogP contribution in [0.25, 0.3) is 0 Å². The van der Waals surface area contributed by atoms with Crippen molar-refractivity contribution in [1.29, 1.82) is 0 Å². The van der Waals surface area contributed by atoms with E-state index in [9.17, 15) is 18.0 Å². The number of ketones is 1. The van der Waals surface area contributed by atoms with E-state index in [4.69, 9.17) is 0 Å². The average Bonchev–Trinajstić information content (AvgIpc) is 2.08. The van der Waals surface area contributed by atoms with Crippen LogP contribution in [0.15, 0.2) is 12.1 Å². The summed E-state index contributed by atoms with van der Waals surface area (Å²) in [6, 6.07) is 3.26. The van der Waals surface area contributed by atoms with Crippen LogP contribution in [-0.2, 0) is 0 Å². The molecule has 0 saturated carbocycles. The van der Waals surface area contributed by atoms with Crippen LogP contribution in [0, 0.1) is 20.8 Å². The number of benzene rings is 1. The highest BCUT2D eigenvalue weighted by Crippen LogP contribution is 2.24. The first-order chi connectivity index (χ1) is 7.20. The molecule has 1 aromatic carbocycles. The van der Waals surface area contributed by atoms with Gasteiger partial charge in [-0.15, -0.1) is 0 Å². The largest absolute Gasteiger partial charge is 0.396 e. The molecular weight excluding hydrogens is 217 g/mol. The van der Waals surface area contributed by atoms with E-state index in [2.05, 4.69) is 0 Å². The van der Waals surface area contributed by atoms with Crippen molar-refractivity contribution in [2.24, 2.45) is 0 Å². The van der Waals surface area contributed by atoms with Gasteiger partial charge in [0.05, 0.1) is 0 Å². The van der Waals surface area contributed by atoms with E-state index in [1.54, 1.807) is 19.9 Å². The van der Waals surface area contributed by atoms with Crippen molar-refractivity contribution in [3.8, 4) is 0 Å². The van der Waals surface area contributed by atoms with Crippen molar-refractivity contribution in [3.63, 3.8) is 0 Å². The Hall–Kier alpha value is -1.32. The molecule has 0 spiro atoms. The summed E-state index contributed by atoms with van der Waals surface area (Å²) < 4.78 is 36.2. The molecule has 0 unspecified atom stereocenters. The van der Waals surface area contributed by atoms with Gasteiger partial charge in [-0.1, -0.05) is 6.07 Å². The maximum atomic E-state index is 12.1. The third-order valence-electron chi connectivity index (χ3n) is 2.50. The van der Waals surface area contributed by atoms with Crippen LogP contribution in [0.1, 0.15) is 33.5 Å². The predicted octanol–water partition coefficient (Wildman–Crippen LogP) is 3.75. The smallest absolute Gasteiger partial charge is 0.294 e. The maximum absolute atomic E-state index is 12.1. The van der Waals surface area contributed by atoms with E-state index in [1.807, 2.05) is 6.92 Å². The monoisotopic (exact) mass is 230 g/mol. The number of rotatable bonds is 2. The van der Waals surface area contributed by atoms with Gasteiger partial charge in [0.1, 0.15) is 6.42 Å². The lowest BCUT2D eigenvalue weighted by Gasteiger charge is -2.10. The van der Waals surface area contributed by atoms with Crippen LogP contribution in [0.4, 0.5) is 13.2 Å². The topological polar surface area (TPSA) is 17.1 Å². The zero-order valence-electron chi connectivity index (χ0n) is 9.40. The van der Waals surface area contributed by atoms with Crippen LogP contribution in [-0.4, -0.2) is 12.0 Å². The Morgan fingerprint density at radius 1 is 1.06 bits per heavy atom. The number of Topliss-reactive ketones (excluding diaryl/α,β-unsaturated/α-hetero) is 1. The summed E-state index contributed by atoms with van der Waals surface area (Å²) in [5.41, 5.74) is 2.56. The molecule has 4 heteroatoms. The maximum Gasteiger partial charge on any atom is 0.396 e. The van der Waals surface area contributed by atoms with Gasteiger partial charge in [0.2, 0.25) is 0 Å². The Morgan fingerprint density at radius 3 is 2.06 bits per heavy atom. The van der Waals surface area contributed by atoms with Crippen molar-refractivity contribution < 1.29 is 18.0 Å². The molecule has 0 saturated heterocycles. The molecule has 0 atom stereocenters. The molecule has 0 amide bonds. The van der Waals surface area contributed by atoms with E-state index >= 15 is 0 Å².